The third-order valence-electron chi connectivity index (χ3n) is 9.97. The summed E-state index contributed by atoms with van der Waals surface area (Å²) in [7, 11) is 39.9. The van der Waals surface area contributed by atoms with Gasteiger partial charge in [-0.2, -0.15) is 0 Å². The van der Waals surface area contributed by atoms with Gasteiger partial charge in [0.1, 0.15) is 12.2 Å². The molecule has 0 aromatic heterocycles. The number of hydrogen-bond acceptors (Lipinski definition) is 6. The molecule has 18 unspecified atom stereocenters. The third-order valence-corrected chi connectivity index (χ3v) is 136. The lowest BCUT2D eigenvalue weighted by Crippen LogP contribution is -2.40. The summed E-state index contributed by atoms with van der Waals surface area (Å²) in [5.41, 5.74) is 2.36. The smallest absolute Gasteiger partial charge is 0.303 e. The first kappa shape index (κ1) is 77.8. The predicted octanol–water partition coefficient (Wildman–Crippen LogP) is 20.4. The minimum Gasteiger partial charge on any atom is -0.458 e. The van der Waals surface area contributed by atoms with E-state index < -0.39 is 0 Å². The van der Waals surface area contributed by atoms with Crippen molar-refractivity contribution in [3.8, 4) is 0 Å². The summed E-state index contributed by atoms with van der Waals surface area (Å²) in [5.74, 6) is 0.0588. The molecule has 0 spiro atoms. The van der Waals surface area contributed by atoms with E-state index in [9.17, 15) is 19.2 Å². The number of carbonyl (C=O) groups excluding carboxylic acids is 4. The molecule has 0 radical (unpaired) electrons. The van der Waals surface area contributed by atoms with Crippen LogP contribution in [0.25, 0.3) is 0 Å². The molecule has 0 bridgehead atoms. The molecule has 2 rings (SSSR count). The summed E-state index contributed by atoms with van der Waals surface area (Å²) in [6, 6.07) is -0.00721. The lowest BCUT2D eigenvalue weighted by Gasteiger charge is -2.32. The predicted molar refractivity (Wildman–Crippen MR) is 383 cm³/mol. The molecular weight excluding hydrogens is 1290 g/mol. The molecule has 2 amide bonds. The van der Waals surface area contributed by atoms with Gasteiger partial charge in [0.05, 0.1) is 12.1 Å². The molecule has 2 aliphatic heterocycles. The Balaban J connectivity index is 0. The third kappa shape index (κ3) is 39.0. The van der Waals surface area contributed by atoms with Gasteiger partial charge in [-0.15, -0.1) is 116 Å². The standard InChI is InChI=1S/2C19H31NO3.H14P12.H13P11/c2*1-5-9-14(2)19-15(3)12-13-17(23-16(4)21)10-7-6-8-11-18(22)20-19;1-8(2)11(7)12(9(3)4)10(5)6;1-7-10(6)11(8(2)3)9(4)5/h2*9,12-13,15,17,19H,5-8,10-11H2,1-4H3,(H,20,22);1-7H2;7H,1-6H2/b2*13-12+,14-9+;;/t2*15-,17?,19+;;/m00../s1. The Bertz CT molecular complexity index is 1480. The monoisotopic (exact) mass is 1380 g/mol. The number of rotatable bonds is 14. The fraction of sp³-hybridized carbons (Fsp3) is 0.684. The minimum absolute atomic E-state index is 0.00361. The second-order valence-corrected chi connectivity index (χ2v) is 100. The van der Waals surface area contributed by atoms with Crippen molar-refractivity contribution in [2.45, 2.75) is 157 Å². The van der Waals surface area contributed by atoms with Gasteiger partial charge in [0.15, 0.2) is 0 Å². The van der Waals surface area contributed by atoms with Gasteiger partial charge in [-0.1, -0.05) is 83.9 Å². The average molecular weight is 1380 g/mol. The van der Waals surface area contributed by atoms with Crippen LogP contribution in [0.4, 0.5) is 0 Å². The van der Waals surface area contributed by atoms with Crippen LogP contribution in [0.3, 0.4) is 0 Å². The first-order chi connectivity index (χ1) is 32.2. The van der Waals surface area contributed by atoms with Crippen LogP contribution >= 0.6 is 187 Å². The van der Waals surface area contributed by atoms with Crippen LogP contribution in [0.5, 0.6) is 0 Å². The molecule has 0 aliphatic carbocycles. The summed E-state index contributed by atoms with van der Waals surface area (Å²) in [6.07, 6.45) is 22.3. The van der Waals surface area contributed by atoms with Crippen LogP contribution in [-0.2, 0) is 28.7 Å². The average Bonchev–Trinajstić information content (AvgIpc) is 3.24. The highest BCUT2D eigenvalue weighted by atomic mass is 33.3. The second-order valence-electron chi connectivity index (χ2n) is 16.0. The summed E-state index contributed by atoms with van der Waals surface area (Å²) >= 11 is 0. The Morgan fingerprint density at radius 3 is 1.17 bits per heavy atom. The van der Waals surface area contributed by atoms with Gasteiger partial charge in [-0.25, -0.2) is 0 Å². The normalized spacial score (nSPS) is 24.5. The molecule has 0 aromatic carbocycles. The molecule has 8 nitrogen and oxygen atoms in total. The molecule has 31 heteroatoms. The van der Waals surface area contributed by atoms with Crippen LogP contribution < -0.4 is 10.6 Å². The zero-order chi connectivity index (χ0) is 53.4. The van der Waals surface area contributed by atoms with E-state index in [-0.39, 0.29) is 123 Å². The van der Waals surface area contributed by atoms with Gasteiger partial charge in [0.25, 0.3) is 0 Å². The Kier molecular flexibility index (Phi) is 53.3. The van der Waals surface area contributed by atoms with Crippen LogP contribution in [0, 0.1) is 11.8 Å². The van der Waals surface area contributed by atoms with E-state index >= 15 is 0 Å². The fourth-order valence-corrected chi connectivity index (χ4v) is 204. The topological polar surface area (TPSA) is 111 Å². The highest BCUT2D eigenvalue weighted by Gasteiger charge is 2.27. The van der Waals surface area contributed by atoms with E-state index in [4.69, 9.17) is 9.47 Å². The first-order valence-corrected chi connectivity index (χ1v) is 62.6. The Morgan fingerprint density at radius 2 is 0.928 bits per heavy atom. The number of ether oxygens (including phenoxy) is 2. The molecule has 2 N–H and O–H groups in total. The van der Waals surface area contributed by atoms with Crippen LogP contribution in [0.1, 0.15) is 132 Å². The van der Waals surface area contributed by atoms with Crippen molar-refractivity contribution in [1.82, 2.24) is 10.6 Å². The van der Waals surface area contributed by atoms with E-state index in [2.05, 4.69) is 193 Å². The van der Waals surface area contributed by atoms with Gasteiger partial charge in [0, 0.05) is 26.7 Å². The molecule has 22 atom stereocenters. The van der Waals surface area contributed by atoms with Crippen LogP contribution in [0.15, 0.2) is 47.6 Å². The number of allylic oxidation sites excluding steroid dienone is 2. The number of nitrogens with one attached hydrogen (secondary N) is 2. The lowest BCUT2D eigenvalue weighted by molar-refractivity contribution is -0.145. The van der Waals surface area contributed by atoms with Crippen molar-refractivity contribution in [3.05, 3.63) is 47.6 Å². The fourth-order valence-electron chi connectivity index (χ4n) is 6.78. The molecule has 2 aliphatic rings. The molecule has 0 saturated heterocycles. The molecule has 0 aromatic rings. The Hall–Kier alpha value is 6.73. The summed E-state index contributed by atoms with van der Waals surface area (Å²) in [5, 5.41) is 6.32. The van der Waals surface area contributed by atoms with Gasteiger partial charge >= 0.3 is 11.9 Å². The molecule has 402 valence electrons. The lowest BCUT2D eigenvalue weighted by atomic mass is 9.92. The first-order valence-electron chi connectivity index (χ1n) is 22.5. The molecular formula is C38H89N2O6P23. The van der Waals surface area contributed by atoms with Crippen LogP contribution in [0.2, 0.25) is 0 Å². The van der Waals surface area contributed by atoms with Gasteiger partial charge in [-0.3, -0.25) is 19.2 Å². The van der Waals surface area contributed by atoms with Crippen LogP contribution in [-0.4, -0.2) is 48.0 Å². The maximum atomic E-state index is 12.1. The SMILES string of the molecule is CC/C=C(\C)[C@H]1NC(=O)CCCCCC(OC(C)=O)/C=C/[C@@H]1C.CC/C=C(\C)[C@H]1NC(=O)CCCCCC(OC(C)=O)/C=C/[C@@H]1C.PP(P)P(P)P(P(P)P)P(P)P.PPP(P)P(P(P)P)P(P)P. The highest BCUT2D eigenvalue weighted by molar-refractivity contribution is 9.22. The number of carbonyl (C=O) groups is 4. The largest absolute Gasteiger partial charge is 0.458 e. The van der Waals surface area contributed by atoms with E-state index in [1.165, 1.54) is 25.0 Å². The maximum Gasteiger partial charge on any atom is 0.303 e. The molecule has 0 fully saturated rings. The zero-order valence-corrected chi connectivity index (χ0v) is 66.0. The summed E-state index contributed by atoms with van der Waals surface area (Å²) < 4.78 is 10.8. The van der Waals surface area contributed by atoms with Gasteiger partial charge in [0.2, 0.25) is 11.8 Å². The Labute approximate surface area is 462 Å². The van der Waals surface area contributed by atoms with E-state index in [0.29, 0.717) is 12.8 Å². The molecule has 2 heterocycles. The maximum absolute atomic E-state index is 12.1. The summed E-state index contributed by atoms with van der Waals surface area (Å²) in [4.78, 5) is 46.8. The zero-order valence-electron chi connectivity index (χ0n) is 41.9. The highest BCUT2D eigenvalue weighted by Crippen LogP contribution is 3.16. The van der Waals surface area contributed by atoms with E-state index in [0.717, 1.165) is 72.2 Å². The van der Waals surface area contributed by atoms with E-state index in [1.807, 2.05) is 12.2 Å². The molecule has 0 saturated carbocycles. The van der Waals surface area contributed by atoms with Crippen molar-refractivity contribution >= 4 is 211 Å². The van der Waals surface area contributed by atoms with Crippen molar-refractivity contribution < 1.29 is 28.7 Å². The Morgan fingerprint density at radius 1 is 0.580 bits per heavy atom. The molecule has 69 heavy (non-hydrogen) atoms. The van der Waals surface area contributed by atoms with Crippen molar-refractivity contribution in [3.63, 3.8) is 0 Å². The van der Waals surface area contributed by atoms with Crippen molar-refractivity contribution in [1.29, 1.82) is 0 Å². The second kappa shape index (κ2) is 47.2. The van der Waals surface area contributed by atoms with Crippen molar-refractivity contribution in [2.24, 2.45) is 11.8 Å². The summed E-state index contributed by atoms with van der Waals surface area (Å²) in [6.45, 7) is 16.9. The quantitative estimate of drug-likeness (QED) is 0.102. The van der Waals surface area contributed by atoms with Crippen molar-refractivity contribution in [2.75, 3.05) is 0 Å². The number of esters is 2. The number of amides is 2. The van der Waals surface area contributed by atoms with E-state index in [1.54, 1.807) is 0 Å². The number of hydrogen-bond donors (Lipinski definition) is 2. The minimum atomic E-state index is -0.244. The van der Waals surface area contributed by atoms with Gasteiger partial charge in [-0.05, 0) is 152 Å². The van der Waals surface area contributed by atoms with Gasteiger partial charge < -0.3 is 20.1 Å².